The molecule has 138 valence electrons. The normalized spacial score (nSPS) is 25.5. The Kier molecular flexibility index (Phi) is 6.00. The average molecular weight is 365 g/mol. The molecule has 5 nitrogen and oxygen atoms in total. The Morgan fingerprint density at radius 3 is 2.60 bits per heavy atom. The van der Waals surface area contributed by atoms with Crippen molar-refractivity contribution in [3.63, 3.8) is 0 Å². The van der Waals surface area contributed by atoms with Crippen molar-refractivity contribution in [1.29, 1.82) is 0 Å². The largest absolute Gasteiger partial charge is 0.339 e. The van der Waals surface area contributed by atoms with Gasteiger partial charge in [-0.2, -0.15) is 0 Å². The first-order valence-corrected chi connectivity index (χ1v) is 9.52. The fourth-order valence-electron chi connectivity index (χ4n) is 3.77. The molecule has 1 aromatic carbocycles. The van der Waals surface area contributed by atoms with Gasteiger partial charge in [0.25, 0.3) is 0 Å². The van der Waals surface area contributed by atoms with Crippen LogP contribution < -0.4 is 5.73 Å². The molecule has 6 heteroatoms. The Bertz CT molecular complexity index is 603. The van der Waals surface area contributed by atoms with E-state index in [0.29, 0.717) is 13.1 Å². The van der Waals surface area contributed by atoms with Crippen molar-refractivity contribution in [2.75, 3.05) is 52.4 Å². The average Bonchev–Trinajstić information content (AvgIpc) is 2.97. The van der Waals surface area contributed by atoms with Crippen molar-refractivity contribution < 1.29 is 4.79 Å². The maximum absolute atomic E-state index is 12.6. The molecular weight excluding hydrogens is 336 g/mol. The van der Waals surface area contributed by atoms with Crippen LogP contribution in [-0.4, -0.2) is 73.0 Å². The number of piperazine rings is 1. The topological polar surface area (TPSA) is 52.8 Å². The van der Waals surface area contributed by atoms with Crippen molar-refractivity contribution in [2.45, 2.75) is 19.9 Å². The summed E-state index contributed by atoms with van der Waals surface area (Å²) in [6.45, 7) is 9.69. The highest BCUT2D eigenvalue weighted by Gasteiger charge is 2.34. The predicted molar refractivity (Wildman–Crippen MR) is 102 cm³/mol. The van der Waals surface area contributed by atoms with E-state index in [-0.39, 0.29) is 11.3 Å². The monoisotopic (exact) mass is 364 g/mol. The van der Waals surface area contributed by atoms with Crippen LogP contribution in [-0.2, 0) is 11.3 Å². The van der Waals surface area contributed by atoms with Gasteiger partial charge in [0.15, 0.2) is 0 Å². The molecule has 0 aliphatic carbocycles. The summed E-state index contributed by atoms with van der Waals surface area (Å²) in [5, 5.41) is 0.779. The summed E-state index contributed by atoms with van der Waals surface area (Å²) in [6.07, 6.45) is 1.09. The third-order valence-corrected chi connectivity index (χ3v) is 5.74. The van der Waals surface area contributed by atoms with Gasteiger partial charge in [-0.25, -0.2) is 0 Å². The highest BCUT2D eigenvalue weighted by atomic mass is 35.5. The van der Waals surface area contributed by atoms with Crippen LogP contribution in [0.2, 0.25) is 5.02 Å². The highest BCUT2D eigenvalue weighted by molar-refractivity contribution is 6.30. The smallest absolute Gasteiger partial charge is 0.236 e. The molecule has 1 atom stereocenters. The van der Waals surface area contributed by atoms with Crippen LogP contribution in [0, 0.1) is 5.41 Å². The molecule has 25 heavy (non-hydrogen) atoms. The maximum atomic E-state index is 12.6. The summed E-state index contributed by atoms with van der Waals surface area (Å²) in [7, 11) is 0. The van der Waals surface area contributed by atoms with E-state index in [4.69, 9.17) is 17.3 Å². The Balaban J connectivity index is 1.43. The van der Waals surface area contributed by atoms with E-state index in [1.54, 1.807) is 0 Å². The minimum Gasteiger partial charge on any atom is -0.339 e. The third kappa shape index (κ3) is 4.94. The van der Waals surface area contributed by atoms with Gasteiger partial charge >= 0.3 is 0 Å². The lowest BCUT2D eigenvalue weighted by Crippen LogP contribution is -2.50. The molecule has 0 bridgehead atoms. The zero-order chi connectivity index (χ0) is 17.9. The summed E-state index contributed by atoms with van der Waals surface area (Å²) < 4.78 is 0. The molecule has 2 saturated heterocycles. The lowest BCUT2D eigenvalue weighted by atomic mass is 9.90. The number of amides is 1. The summed E-state index contributed by atoms with van der Waals surface area (Å²) in [6, 6.07) is 8.00. The number of benzene rings is 1. The predicted octanol–water partition coefficient (Wildman–Crippen LogP) is 1.65. The second kappa shape index (κ2) is 8.04. The summed E-state index contributed by atoms with van der Waals surface area (Å²) in [5.74, 6) is 0.253. The lowest BCUT2D eigenvalue weighted by Gasteiger charge is -2.35. The Labute approximate surface area is 155 Å². The van der Waals surface area contributed by atoms with Crippen molar-refractivity contribution >= 4 is 17.5 Å². The first-order chi connectivity index (χ1) is 12.0. The molecule has 2 aliphatic heterocycles. The quantitative estimate of drug-likeness (QED) is 0.863. The van der Waals surface area contributed by atoms with E-state index in [2.05, 4.69) is 22.8 Å². The van der Waals surface area contributed by atoms with Gasteiger partial charge < -0.3 is 10.6 Å². The molecule has 1 amide bonds. The number of hydrogen-bond acceptors (Lipinski definition) is 4. The van der Waals surface area contributed by atoms with Gasteiger partial charge in [0, 0.05) is 44.3 Å². The van der Waals surface area contributed by atoms with Crippen LogP contribution in [0.1, 0.15) is 18.9 Å². The molecule has 0 spiro atoms. The number of nitrogens with zero attached hydrogens (tertiary/aromatic N) is 3. The van der Waals surface area contributed by atoms with E-state index in [1.807, 2.05) is 23.1 Å². The minimum atomic E-state index is 0.177. The second-order valence-electron chi connectivity index (χ2n) is 7.76. The fraction of sp³-hybridized carbons (Fsp3) is 0.632. The van der Waals surface area contributed by atoms with Crippen LogP contribution in [0.15, 0.2) is 24.3 Å². The molecule has 0 radical (unpaired) electrons. The number of carbonyl (C=O) groups is 1. The van der Waals surface area contributed by atoms with E-state index in [9.17, 15) is 4.79 Å². The van der Waals surface area contributed by atoms with Crippen LogP contribution in [0.25, 0.3) is 0 Å². The maximum Gasteiger partial charge on any atom is 0.236 e. The fourth-order valence-corrected chi connectivity index (χ4v) is 3.98. The number of halogens is 1. The van der Waals surface area contributed by atoms with Crippen LogP contribution in [0.3, 0.4) is 0 Å². The van der Waals surface area contributed by atoms with Gasteiger partial charge in [0.05, 0.1) is 6.54 Å². The van der Waals surface area contributed by atoms with Crippen molar-refractivity contribution in [2.24, 2.45) is 11.1 Å². The SMILES string of the molecule is CC1(CN)CCN(CC(=O)N2CCN(Cc3cccc(Cl)c3)CC2)C1. The Morgan fingerprint density at radius 1 is 1.20 bits per heavy atom. The molecule has 2 heterocycles. The summed E-state index contributed by atoms with van der Waals surface area (Å²) in [5.41, 5.74) is 7.26. The third-order valence-electron chi connectivity index (χ3n) is 5.51. The number of nitrogens with two attached hydrogens (primary N) is 1. The standard InChI is InChI=1S/C19H29ClN4O/c1-19(14-21)5-6-23(15-19)13-18(25)24-9-7-22(8-10-24)12-16-3-2-4-17(20)11-16/h2-4,11H,5-10,12-15,21H2,1H3. The van der Waals surface area contributed by atoms with Crippen molar-refractivity contribution in [3.05, 3.63) is 34.9 Å². The highest BCUT2D eigenvalue weighted by Crippen LogP contribution is 2.28. The molecule has 3 rings (SSSR count). The molecule has 1 unspecified atom stereocenters. The van der Waals surface area contributed by atoms with Gasteiger partial charge in [-0.3, -0.25) is 14.6 Å². The van der Waals surface area contributed by atoms with Gasteiger partial charge in [0.1, 0.15) is 0 Å². The van der Waals surface area contributed by atoms with Gasteiger partial charge in [-0.05, 0) is 42.6 Å². The molecule has 0 aromatic heterocycles. The molecule has 0 saturated carbocycles. The van der Waals surface area contributed by atoms with Gasteiger partial charge in [-0.1, -0.05) is 30.7 Å². The lowest BCUT2D eigenvalue weighted by molar-refractivity contribution is -0.134. The molecule has 2 N–H and O–H groups in total. The first-order valence-electron chi connectivity index (χ1n) is 9.14. The number of likely N-dealkylation sites (tertiary alicyclic amines) is 1. The summed E-state index contributed by atoms with van der Waals surface area (Å²) >= 11 is 6.05. The Hall–Kier alpha value is -1.14. The number of hydrogen-bond donors (Lipinski definition) is 1. The van der Waals surface area contributed by atoms with E-state index in [1.165, 1.54) is 5.56 Å². The second-order valence-corrected chi connectivity index (χ2v) is 8.20. The van der Waals surface area contributed by atoms with Gasteiger partial charge in [0.2, 0.25) is 5.91 Å². The van der Waals surface area contributed by atoms with Crippen LogP contribution in [0.4, 0.5) is 0 Å². The van der Waals surface area contributed by atoms with Crippen molar-refractivity contribution in [1.82, 2.24) is 14.7 Å². The van der Waals surface area contributed by atoms with Crippen LogP contribution in [0.5, 0.6) is 0 Å². The van der Waals surface area contributed by atoms with E-state index in [0.717, 1.165) is 57.3 Å². The summed E-state index contributed by atoms with van der Waals surface area (Å²) in [4.78, 5) is 19.2. The van der Waals surface area contributed by atoms with Crippen molar-refractivity contribution in [3.8, 4) is 0 Å². The molecule has 2 aliphatic rings. The first kappa shape index (κ1) is 18.6. The Morgan fingerprint density at radius 2 is 1.96 bits per heavy atom. The van der Waals surface area contributed by atoms with Gasteiger partial charge in [-0.15, -0.1) is 0 Å². The molecule has 2 fully saturated rings. The molecular formula is C19H29ClN4O. The van der Waals surface area contributed by atoms with E-state index >= 15 is 0 Å². The zero-order valence-electron chi connectivity index (χ0n) is 15.1. The minimum absolute atomic E-state index is 0.177. The van der Waals surface area contributed by atoms with Crippen LogP contribution >= 0.6 is 11.6 Å². The zero-order valence-corrected chi connectivity index (χ0v) is 15.8. The number of carbonyl (C=O) groups excluding carboxylic acids is 1. The van der Waals surface area contributed by atoms with E-state index < -0.39 is 0 Å². The molecule has 1 aromatic rings. The number of rotatable bonds is 5.